The smallest absolute Gasteiger partial charge is 0.305 e. The van der Waals surface area contributed by atoms with Gasteiger partial charge in [0.25, 0.3) is 0 Å². The first-order valence-corrected chi connectivity index (χ1v) is 8.04. The number of amides is 1. The normalized spacial score (nSPS) is 11.9. The predicted octanol–water partition coefficient (Wildman–Crippen LogP) is 3.67. The number of benzene rings is 1. The SMILES string of the molecule is O=C(O)CC(NC(=O)CCc1ccc(Cl)s1)c1ccccc1. The van der Waals surface area contributed by atoms with Crippen molar-refractivity contribution in [3.05, 3.63) is 57.2 Å². The predicted molar refractivity (Wildman–Crippen MR) is 87.2 cm³/mol. The van der Waals surface area contributed by atoms with Crippen LogP contribution in [0.15, 0.2) is 42.5 Å². The number of carboxylic acids is 1. The highest BCUT2D eigenvalue weighted by molar-refractivity contribution is 7.16. The van der Waals surface area contributed by atoms with Crippen LogP contribution in [-0.4, -0.2) is 17.0 Å². The molecular weight excluding hydrogens is 322 g/mol. The number of aryl methyl sites for hydroxylation is 1. The number of rotatable bonds is 7. The maximum Gasteiger partial charge on any atom is 0.305 e. The van der Waals surface area contributed by atoms with Crippen molar-refractivity contribution in [3.63, 3.8) is 0 Å². The molecule has 1 aromatic heterocycles. The lowest BCUT2D eigenvalue weighted by Gasteiger charge is -2.17. The van der Waals surface area contributed by atoms with E-state index in [1.165, 1.54) is 11.3 Å². The van der Waals surface area contributed by atoms with E-state index < -0.39 is 12.0 Å². The van der Waals surface area contributed by atoms with Gasteiger partial charge in [-0.3, -0.25) is 9.59 Å². The molecule has 116 valence electrons. The molecule has 0 spiro atoms. The average Bonchev–Trinajstić information content (AvgIpc) is 2.91. The summed E-state index contributed by atoms with van der Waals surface area (Å²) in [6.07, 6.45) is 0.762. The molecule has 1 atom stereocenters. The van der Waals surface area contributed by atoms with Gasteiger partial charge in [-0.1, -0.05) is 41.9 Å². The van der Waals surface area contributed by atoms with Crippen LogP contribution in [0, 0.1) is 0 Å². The second-order valence-corrected chi connectivity index (χ2v) is 6.63. The second kappa shape index (κ2) is 7.96. The average molecular weight is 338 g/mol. The molecule has 6 heteroatoms. The first kappa shape index (κ1) is 16.5. The molecule has 0 aliphatic heterocycles. The van der Waals surface area contributed by atoms with E-state index in [1.54, 1.807) is 6.07 Å². The Morgan fingerprint density at radius 3 is 2.50 bits per heavy atom. The zero-order chi connectivity index (χ0) is 15.9. The van der Waals surface area contributed by atoms with E-state index >= 15 is 0 Å². The minimum absolute atomic E-state index is 0.138. The summed E-state index contributed by atoms with van der Waals surface area (Å²) in [5.74, 6) is -1.11. The Morgan fingerprint density at radius 2 is 1.91 bits per heavy atom. The summed E-state index contributed by atoms with van der Waals surface area (Å²) in [5.41, 5.74) is 0.789. The molecule has 0 aliphatic rings. The van der Waals surface area contributed by atoms with E-state index in [0.717, 1.165) is 10.4 Å². The molecule has 2 aromatic rings. The van der Waals surface area contributed by atoms with E-state index in [0.29, 0.717) is 17.2 Å². The zero-order valence-electron chi connectivity index (χ0n) is 11.8. The molecule has 0 fully saturated rings. The van der Waals surface area contributed by atoms with Crippen molar-refractivity contribution in [2.75, 3.05) is 0 Å². The lowest BCUT2D eigenvalue weighted by Crippen LogP contribution is -2.30. The molecule has 1 amide bonds. The van der Waals surface area contributed by atoms with Gasteiger partial charge in [-0.2, -0.15) is 0 Å². The van der Waals surface area contributed by atoms with Gasteiger partial charge in [0.2, 0.25) is 5.91 Å². The summed E-state index contributed by atoms with van der Waals surface area (Å²) in [5, 5.41) is 11.8. The molecule has 0 aliphatic carbocycles. The molecule has 1 unspecified atom stereocenters. The van der Waals surface area contributed by atoms with Crippen LogP contribution in [0.1, 0.15) is 29.3 Å². The summed E-state index contributed by atoms with van der Waals surface area (Å²) in [6.45, 7) is 0. The highest BCUT2D eigenvalue weighted by atomic mass is 35.5. The van der Waals surface area contributed by atoms with Crippen molar-refractivity contribution < 1.29 is 14.7 Å². The van der Waals surface area contributed by atoms with Gasteiger partial charge in [-0.25, -0.2) is 0 Å². The van der Waals surface area contributed by atoms with Crippen molar-refractivity contribution in [2.24, 2.45) is 0 Å². The summed E-state index contributed by atoms with van der Waals surface area (Å²) < 4.78 is 0.698. The van der Waals surface area contributed by atoms with E-state index in [1.807, 2.05) is 36.4 Å². The number of nitrogens with one attached hydrogen (secondary N) is 1. The van der Waals surface area contributed by atoms with Gasteiger partial charge in [0.15, 0.2) is 0 Å². The van der Waals surface area contributed by atoms with Crippen molar-refractivity contribution in [3.8, 4) is 0 Å². The third kappa shape index (κ3) is 5.16. The number of carboxylic acid groups (broad SMARTS) is 1. The van der Waals surface area contributed by atoms with Gasteiger partial charge in [-0.15, -0.1) is 11.3 Å². The van der Waals surface area contributed by atoms with Crippen molar-refractivity contribution in [1.29, 1.82) is 0 Å². The molecule has 1 heterocycles. The number of thiophene rings is 1. The van der Waals surface area contributed by atoms with E-state index in [9.17, 15) is 9.59 Å². The molecule has 0 bridgehead atoms. The molecule has 0 saturated heterocycles. The topological polar surface area (TPSA) is 66.4 Å². The van der Waals surface area contributed by atoms with Crippen LogP contribution in [0.5, 0.6) is 0 Å². The number of halogens is 1. The molecular formula is C16H16ClNO3S. The van der Waals surface area contributed by atoms with Gasteiger partial charge in [0.05, 0.1) is 16.8 Å². The van der Waals surface area contributed by atoms with Crippen LogP contribution in [0.3, 0.4) is 0 Å². The van der Waals surface area contributed by atoms with E-state index in [4.69, 9.17) is 16.7 Å². The standard InChI is InChI=1S/C16H16ClNO3S/c17-14-8-6-12(22-14)7-9-15(19)18-13(10-16(20)21)11-4-2-1-3-5-11/h1-6,8,13H,7,9-10H2,(H,18,19)(H,20,21). The van der Waals surface area contributed by atoms with Crippen LogP contribution in [0.25, 0.3) is 0 Å². The quantitative estimate of drug-likeness (QED) is 0.810. The van der Waals surface area contributed by atoms with Crippen LogP contribution < -0.4 is 5.32 Å². The Balaban J connectivity index is 1.94. The molecule has 0 radical (unpaired) electrons. The van der Waals surface area contributed by atoms with Crippen LogP contribution in [0.4, 0.5) is 0 Å². The Labute approximate surface area is 137 Å². The molecule has 1 aromatic carbocycles. The molecule has 2 rings (SSSR count). The lowest BCUT2D eigenvalue weighted by molar-refractivity contribution is -0.137. The molecule has 0 saturated carbocycles. The monoisotopic (exact) mass is 337 g/mol. The number of aliphatic carboxylic acids is 1. The van der Waals surface area contributed by atoms with Crippen LogP contribution >= 0.6 is 22.9 Å². The highest BCUT2D eigenvalue weighted by Gasteiger charge is 2.17. The molecule has 2 N–H and O–H groups in total. The number of carbonyl (C=O) groups excluding carboxylic acids is 1. The van der Waals surface area contributed by atoms with Crippen LogP contribution in [-0.2, 0) is 16.0 Å². The Bertz CT molecular complexity index is 642. The summed E-state index contributed by atoms with van der Waals surface area (Å²) in [6, 6.07) is 12.3. The van der Waals surface area contributed by atoms with E-state index in [2.05, 4.69) is 5.32 Å². The maximum atomic E-state index is 12.1. The third-order valence-corrected chi connectivity index (χ3v) is 4.43. The fourth-order valence-electron chi connectivity index (χ4n) is 2.10. The van der Waals surface area contributed by atoms with Gasteiger partial charge in [0.1, 0.15) is 0 Å². The van der Waals surface area contributed by atoms with Gasteiger partial charge < -0.3 is 10.4 Å². The Hall–Kier alpha value is -1.85. The van der Waals surface area contributed by atoms with Crippen molar-refractivity contribution in [2.45, 2.75) is 25.3 Å². The number of hydrogen-bond donors (Lipinski definition) is 2. The minimum atomic E-state index is -0.945. The largest absolute Gasteiger partial charge is 0.481 e. The van der Waals surface area contributed by atoms with Crippen LogP contribution in [0.2, 0.25) is 4.34 Å². The highest BCUT2D eigenvalue weighted by Crippen LogP contribution is 2.23. The summed E-state index contributed by atoms with van der Waals surface area (Å²) in [7, 11) is 0. The second-order valence-electron chi connectivity index (χ2n) is 4.83. The fourth-order valence-corrected chi connectivity index (χ4v) is 3.19. The zero-order valence-corrected chi connectivity index (χ0v) is 13.4. The number of hydrogen-bond acceptors (Lipinski definition) is 3. The van der Waals surface area contributed by atoms with Crippen molar-refractivity contribution in [1.82, 2.24) is 5.32 Å². The Morgan fingerprint density at radius 1 is 1.18 bits per heavy atom. The number of carbonyl (C=O) groups is 2. The summed E-state index contributed by atoms with van der Waals surface area (Å²) in [4.78, 5) is 24.1. The molecule has 4 nitrogen and oxygen atoms in total. The Kier molecular flexibility index (Phi) is 5.98. The maximum absolute atomic E-state index is 12.1. The first-order valence-electron chi connectivity index (χ1n) is 6.85. The third-order valence-electron chi connectivity index (χ3n) is 3.14. The molecule has 22 heavy (non-hydrogen) atoms. The fraction of sp³-hybridized carbons (Fsp3) is 0.250. The van der Waals surface area contributed by atoms with Gasteiger partial charge in [-0.05, 0) is 24.1 Å². The van der Waals surface area contributed by atoms with Crippen molar-refractivity contribution >= 4 is 34.8 Å². The first-order chi connectivity index (χ1) is 10.5. The van der Waals surface area contributed by atoms with Gasteiger partial charge >= 0.3 is 5.97 Å². The minimum Gasteiger partial charge on any atom is -0.481 e. The summed E-state index contributed by atoms with van der Waals surface area (Å²) >= 11 is 7.30. The lowest BCUT2D eigenvalue weighted by atomic mass is 10.0. The van der Waals surface area contributed by atoms with E-state index in [-0.39, 0.29) is 12.3 Å². The van der Waals surface area contributed by atoms with Gasteiger partial charge in [0, 0.05) is 11.3 Å².